The number of fused-ring (bicyclic) bond motifs is 2. The lowest BCUT2D eigenvalue weighted by Crippen LogP contribution is -2.17. The molecule has 1 N–H and O–H groups in total. The Balaban J connectivity index is 1.62. The largest absolute Gasteiger partial charge is 0.487 e. The van der Waals surface area contributed by atoms with Crippen LogP contribution in [0.15, 0.2) is 47.4 Å². The smallest absolute Gasteiger partial charge is 0.258 e. The lowest BCUT2D eigenvalue weighted by atomic mass is 9.89. The van der Waals surface area contributed by atoms with Crippen molar-refractivity contribution in [2.24, 2.45) is 0 Å². The van der Waals surface area contributed by atoms with Crippen LogP contribution in [0.2, 0.25) is 0 Å². The summed E-state index contributed by atoms with van der Waals surface area (Å²) in [7, 11) is 0. The number of ether oxygens (including phenoxy) is 1. The van der Waals surface area contributed by atoms with Gasteiger partial charge in [0.05, 0.1) is 11.8 Å². The fourth-order valence-corrected chi connectivity index (χ4v) is 3.41. The maximum Gasteiger partial charge on any atom is 0.258 e. The van der Waals surface area contributed by atoms with E-state index in [1.807, 2.05) is 37.3 Å². The van der Waals surface area contributed by atoms with Crippen LogP contribution in [-0.2, 0) is 13.0 Å². The number of aliphatic hydroxyl groups excluding tert-OH is 1. The van der Waals surface area contributed by atoms with Crippen molar-refractivity contribution < 1.29 is 9.84 Å². The highest BCUT2D eigenvalue weighted by atomic mass is 16.5. The van der Waals surface area contributed by atoms with E-state index < -0.39 is 6.10 Å². The fourth-order valence-electron chi connectivity index (χ4n) is 3.41. The minimum atomic E-state index is -0.418. The molecular formula is C20H20N2O3. The van der Waals surface area contributed by atoms with Crippen molar-refractivity contribution in [2.45, 2.75) is 38.9 Å². The first-order chi connectivity index (χ1) is 12.1. The lowest BCUT2D eigenvalue weighted by Gasteiger charge is -2.23. The molecule has 5 heteroatoms. The number of pyridine rings is 1. The molecule has 1 atom stereocenters. The van der Waals surface area contributed by atoms with Crippen LogP contribution in [0.1, 0.15) is 41.3 Å². The Morgan fingerprint density at radius 2 is 2.20 bits per heavy atom. The molecule has 25 heavy (non-hydrogen) atoms. The first-order valence-corrected chi connectivity index (χ1v) is 8.53. The zero-order chi connectivity index (χ0) is 17.4. The zero-order valence-electron chi connectivity index (χ0n) is 14.1. The normalized spacial score (nSPS) is 16.6. The molecule has 0 saturated heterocycles. The maximum atomic E-state index is 12.3. The van der Waals surface area contributed by atoms with Crippen LogP contribution < -0.4 is 10.3 Å². The van der Waals surface area contributed by atoms with E-state index in [2.05, 4.69) is 4.98 Å². The third-order valence-corrected chi connectivity index (χ3v) is 4.67. The average Bonchev–Trinajstić information content (AvgIpc) is 2.61. The van der Waals surface area contributed by atoms with Gasteiger partial charge in [0.25, 0.3) is 5.56 Å². The van der Waals surface area contributed by atoms with E-state index in [9.17, 15) is 9.90 Å². The molecule has 1 aliphatic rings. The standard InChI is InChI=1S/C20H20N2O3/c1-13-8-9-19-21-14(10-20(24)22(19)11-13)12-25-18-7-3-4-15-16(18)5-2-6-17(15)23/h3-4,7-11,17,23H,2,5-6,12H2,1H3. The van der Waals surface area contributed by atoms with Crippen molar-refractivity contribution in [1.82, 2.24) is 9.38 Å². The molecule has 0 radical (unpaired) electrons. The SMILES string of the molecule is Cc1ccc2nc(COc3cccc4c3CCCC4O)cc(=O)n2c1. The second-order valence-electron chi connectivity index (χ2n) is 6.54. The number of benzene rings is 1. The van der Waals surface area contributed by atoms with E-state index in [1.165, 1.54) is 6.07 Å². The van der Waals surface area contributed by atoms with Gasteiger partial charge in [-0.05, 0) is 55.0 Å². The number of rotatable bonds is 3. The van der Waals surface area contributed by atoms with Crippen LogP contribution in [0.5, 0.6) is 5.75 Å². The average molecular weight is 336 g/mol. The van der Waals surface area contributed by atoms with E-state index in [4.69, 9.17) is 4.74 Å². The van der Waals surface area contributed by atoms with Crippen molar-refractivity contribution in [1.29, 1.82) is 0 Å². The number of hydrogen-bond acceptors (Lipinski definition) is 4. The minimum Gasteiger partial charge on any atom is -0.487 e. The Kier molecular flexibility index (Phi) is 4.01. The van der Waals surface area contributed by atoms with Gasteiger partial charge in [-0.1, -0.05) is 18.2 Å². The number of nitrogens with zero attached hydrogens (tertiary/aromatic N) is 2. The van der Waals surface area contributed by atoms with E-state index in [0.717, 1.165) is 41.7 Å². The number of hydrogen-bond donors (Lipinski definition) is 1. The summed E-state index contributed by atoms with van der Waals surface area (Å²) >= 11 is 0. The quantitative estimate of drug-likeness (QED) is 0.799. The predicted octanol–water partition coefficient (Wildman–Crippen LogP) is 2.95. The molecule has 128 valence electrons. The molecule has 1 aromatic carbocycles. The predicted molar refractivity (Wildman–Crippen MR) is 94.9 cm³/mol. The third kappa shape index (κ3) is 3.03. The van der Waals surface area contributed by atoms with Crippen LogP contribution in [0, 0.1) is 6.92 Å². The third-order valence-electron chi connectivity index (χ3n) is 4.67. The molecule has 0 spiro atoms. The Morgan fingerprint density at radius 1 is 1.32 bits per heavy atom. The van der Waals surface area contributed by atoms with E-state index in [-0.39, 0.29) is 12.2 Å². The second kappa shape index (κ2) is 6.33. The molecule has 2 aromatic heterocycles. The van der Waals surface area contributed by atoms with Crippen LogP contribution >= 0.6 is 0 Å². The highest BCUT2D eigenvalue weighted by molar-refractivity contribution is 5.43. The number of aryl methyl sites for hydroxylation is 1. The Bertz CT molecular complexity index is 994. The summed E-state index contributed by atoms with van der Waals surface area (Å²) in [5.74, 6) is 0.766. The molecule has 0 aliphatic heterocycles. The second-order valence-corrected chi connectivity index (χ2v) is 6.54. The highest BCUT2D eigenvalue weighted by Crippen LogP contribution is 2.35. The molecular weight excluding hydrogens is 316 g/mol. The van der Waals surface area contributed by atoms with Crippen molar-refractivity contribution in [3.8, 4) is 5.75 Å². The Hall–Kier alpha value is -2.66. The van der Waals surface area contributed by atoms with Gasteiger partial charge < -0.3 is 9.84 Å². The Morgan fingerprint density at radius 3 is 3.08 bits per heavy atom. The maximum absolute atomic E-state index is 12.3. The van der Waals surface area contributed by atoms with Gasteiger partial charge in [-0.15, -0.1) is 0 Å². The zero-order valence-corrected chi connectivity index (χ0v) is 14.1. The Labute approximate surface area is 145 Å². The van der Waals surface area contributed by atoms with E-state index in [0.29, 0.717) is 11.3 Å². The molecule has 0 amide bonds. The van der Waals surface area contributed by atoms with Crippen LogP contribution in [0.25, 0.3) is 5.65 Å². The van der Waals surface area contributed by atoms with Crippen molar-refractivity contribution in [3.63, 3.8) is 0 Å². The fraction of sp³-hybridized carbons (Fsp3) is 0.300. The van der Waals surface area contributed by atoms with Gasteiger partial charge in [0.1, 0.15) is 18.0 Å². The molecule has 0 bridgehead atoms. The summed E-state index contributed by atoms with van der Waals surface area (Å²) in [4.78, 5) is 16.8. The summed E-state index contributed by atoms with van der Waals surface area (Å²) < 4.78 is 7.49. The van der Waals surface area contributed by atoms with Crippen LogP contribution in [0.3, 0.4) is 0 Å². The molecule has 0 fully saturated rings. The van der Waals surface area contributed by atoms with Gasteiger partial charge in [-0.2, -0.15) is 0 Å². The number of aliphatic hydroxyl groups is 1. The molecule has 5 nitrogen and oxygen atoms in total. The molecule has 3 aromatic rings. The summed E-state index contributed by atoms with van der Waals surface area (Å²) in [6.45, 7) is 2.17. The minimum absolute atomic E-state index is 0.113. The van der Waals surface area contributed by atoms with Crippen LogP contribution in [0.4, 0.5) is 0 Å². The lowest BCUT2D eigenvalue weighted by molar-refractivity contribution is 0.155. The van der Waals surface area contributed by atoms with Crippen molar-refractivity contribution in [3.05, 3.63) is 75.3 Å². The summed E-state index contributed by atoms with van der Waals surface area (Å²) in [6.07, 6.45) is 4.00. The van der Waals surface area contributed by atoms with Crippen molar-refractivity contribution in [2.75, 3.05) is 0 Å². The molecule has 1 unspecified atom stereocenters. The van der Waals surface area contributed by atoms with Crippen molar-refractivity contribution >= 4 is 5.65 Å². The topological polar surface area (TPSA) is 63.8 Å². The first-order valence-electron chi connectivity index (χ1n) is 8.53. The summed E-state index contributed by atoms with van der Waals surface area (Å²) in [5.41, 5.74) is 4.12. The van der Waals surface area contributed by atoms with Gasteiger partial charge >= 0.3 is 0 Å². The molecule has 1 aliphatic carbocycles. The highest BCUT2D eigenvalue weighted by Gasteiger charge is 2.20. The molecule has 2 heterocycles. The van der Waals surface area contributed by atoms with Gasteiger partial charge in [0.15, 0.2) is 0 Å². The van der Waals surface area contributed by atoms with Crippen LogP contribution in [-0.4, -0.2) is 14.5 Å². The van der Waals surface area contributed by atoms with E-state index in [1.54, 1.807) is 10.6 Å². The van der Waals surface area contributed by atoms with Gasteiger partial charge in [0.2, 0.25) is 0 Å². The van der Waals surface area contributed by atoms with Gasteiger partial charge in [-0.25, -0.2) is 4.98 Å². The monoisotopic (exact) mass is 336 g/mol. The summed E-state index contributed by atoms with van der Waals surface area (Å²) in [5, 5.41) is 10.1. The number of aromatic nitrogens is 2. The molecule has 0 saturated carbocycles. The summed E-state index contributed by atoms with van der Waals surface area (Å²) in [6, 6.07) is 11.0. The first kappa shape index (κ1) is 15.8. The van der Waals surface area contributed by atoms with Gasteiger partial charge in [-0.3, -0.25) is 9.20 Å². The molecule has 4 rings (SSSR count). The van der Waals surface area contributed by atoms with E-state index >= 15 is 0 Å². The van der Waals surface area contributed by atoms with Gasteiger partial charge in [0, 0.05) is 12.3 Å².